The zero-order valence-corrected chi connectivity index (χ0v) is 19.0. The summed E-state index contributed by atoms with van der Waals surface area (Å²) in [6.45, 7) is 6.23. The molecule has 172 valence electrons. The Kier molecular flexibility index (Phi) is 5.39. The lowest BCUT2D eigenvalue weighted by Crippen LogP contribution is -2.57. The van der Waals surface area contributed by atoms with Gasteiger partial charge in [0.25, 0.3) is 0 Å². The zero-order chi connectivity index (χ0) is 21.8. The molecule has 31 heavy (non-hydrogen) atoms. The molecule has 1 heterocycles. The molecule has 1 N–H and O–H groups in total. The smallest absolute Gasteiger partial charge is 0.142 e. The van der Waals surface area contributed by atoms with Crippen molar-refractivity contribution in [2.75, 3.05) is 20.2 Å². The first-order valence-corrected chi connectivity index (χ1v) is 12.1. The highest BCUT2D eigenvalue weighted by molar-refractivity contribution is 5.96. The van der Waals surface area contributed by atoms with Crippen LogP contribution in [0.15, 0.2) is 10.3 Å². The van der Waals surface area contributed by atoms with Crippen LogP contribution in [0.4, 0.5) is 4.39 Å². The maximum absolute atomic E-state index is 15.2. The van der Waals surface area contributed by atoms with E-state index in [1.807, 2.05) is 6.92 Å². The quantitative estimate of drug-likeness (QED) is 0.686. The molecule has 4 aliphatic carbocycles. The second-order valence-corrected chi connectivity index (χ2v) is 11.0. The summed E-state index contributed by atoms with van der Waals surface area (Å²) in [5.41, 5.74) is 1.65. The number of carbonyl (C=O) groups excluding carboxylic acids is 1. The molecule has 0 bridgehead atoms. The second-order valence-electron chi connectivity index (χ2n) is 11.0. The van der Waals surface area contributed by atoms with Crippen LogP contribution in [0.2, 0.25) is 0 Å². The topological polar surface area (TPSA) is 72.3 Å². The standard InChI is InChI=1S/C24H36FN3O3/c1-23-7-4-14(27-31-15-6-9-26-13-15)10-18(23)20(28-30-3)11-16-17(23)5-8-24(2)21(29)12-19(25)22(16)24/h15-19,22,26H,4-13H2,1-3H3/b27-14?,28-20+/t15?,16?,17?,18?,19?,22?,23-,24-/m1/s1. The minimum atomic E-state index is -1.02. The number of Topliss-reactive ketones (excluding diaryl/α,β-unsaturated/α-hetero) is 1. The zero-order valence-electron chi connectivity index (χ0n) is 19.0. The Morgan fingerprint density at radius 1 is 1.13 bits per heavy atom. The number of carbonyl (C=O) groups is 1. The maximum atomic E-state index is 15.2. The summed E-state index contributed by atoms with van der Waals surface area (Å²) in [6.07, 6.45) is 5.53. The van der Waals surface area contributed by atoms with Gasteiger partial charge in [0.2, 0.25) is 0 Å². The van der Waals surface area contributed by atoms with E-state index in [1.54, 1.807) is 7.11 Å². The third-order valence-electron chi connectivity index (χ3n) is 9.53. The highest BCUT2D eigenvalue weighted by Gasteiger charge is 2.64. The summed E-state index contributed by atoms with van der Waals surface area (Å²) in [5, 5.41) is 12.3. The fourth-order valence-electron chi connectivity index (χ4n) is 7.83. The highest BCUT2D eigenvalue weighted by Crippen LogP contribution is 2.65. The molecule has 5 rings (SSSR count). The molecule has 0 aromatic heterocycles. The first-order chi connectivity index (χ1) is 14.9. The predicted molar refractivity (Wildman–Crippen MR) is 117 cm³/mol. The third kappa shape index (κ3) is 3.33. The van der Waals surface area contributed by atoms with Gasteiger partial charge in [-0.1, -0.05) is 24.2 Å². The van der Waals surface area contributed by atoms with Crippen molar-refractivity contribution in [1.29, 1.82) is 0 Å². The summed E-state index contributed by atoms with van der Waals surface area (Å²) >= 11 is 0. The van der Waals surface area contributed by atoms with E-state index in [2.05, 4.69) is 22.6 Å². The number of halogens is 1. The van der Waals surface area contributed by atoms with Crippen LogP contribution in [0.1, 0.15) is 65.2 Å². The molecule has 1 aliphatic heterocycles. The van der Waals surface area contributed by atoms with Gasteiger partial charge in [-0.15, -0.1) is 0 Å². The first kappa shape index (κ1) is 21.4. The van der Waals surface area contributed by atoms with E-state index in [0.717, 1.165) is 69.5 Å². The van der Waals surface area contributed by atoms with E-state index in [0.29, 0.717) is 5.92 Å². The molecular weight excluding hydrogens is 397 g/mol. The summed E-state index contributed by atoms with van der Waals surface area (Å²) < 4.78 is 15.2. The summed E-state index contributed by atoms with van der Waals surface area (Å²) in [6, 6.07) is 0. The van der Waals surface area contributed by atoms with E-state index >= 15 is 4.39 Å². The van der Waals surface area contributed by atoms with Crippen LogP contribution in [0.5, 0.6) is 0 Å². The molecule has 0 radical (unpaired) electrons. The molecule has 1 saturated heterocycles. The molecule has 0 aromatic carbocycles. The molecule has 0 spiro atoms. The Bertz CT molecular complexity index is 795. The van der Waals surface area contributed by atoms with Crippen molar-refractivity contribution in [3.63, 3.8) is 0 Å². The monoisotopic (exact) mass is 433 g/mol. The largest absolute Gasteiger partial charge is 0.399 e. The minimum absolute atomic E-state index is 0.0287. The lowest BCUT2D eigenvalue weighted by molar-refractivity contribution is -0.134. The molecule has 6 nitrogen and oxygen atoms in total. The molecule has 8 atom stereocenters. The molecule has 5 fully saturated rings. The van der Waals surface area contributed by atoms with Gasteiger partial charge in [-0.2, -0.15) is 0 Å². The van der Waals surface area contributed by atoms with Crippen molar-refractivity contribution < 1.29 is 18.9 Å². The number of ketones is 1. The van der Waals surface area contributed by atoms with Crippen LogP contribution in [0, 0.1) is 34.5 Å². The molecular formula is C24H36FN3O3. The fourth-order valence-corrected chi connectivity index (χ4v) is 7.83. The van der Waals surface area contributed by atoms with Gasteiger partial charge < -0.3 is 15.0 Å². The van der Waals surface area contributed by atoms with Crippen molar-refractivity contribution in [2.45, 2.75) is 77.5 Å². The van der Waals surface area contributed by atoms with Crippen molar-refractivity contribution in [1.82, 2.24) is 5.32 Å². The Hall–Kier alpha value is -1.50. The highest BCUT2D eigenvalue weighted by atomic mass is 19.1. The average Bonchev–Trinajstić information content (AvgIpc) is 3.33. The number of hydrogen-bond donors (Lipinski definition) is 1. The Morgan fingerprint density at radius 2 is 1.97 bits per heavy atom. The number of alkyl halides is 1. The van der Waals surface area contributed by atoms with E-state index in [4.69, 9.17) is 9.68 Å². The van der Waals surface area contributed by atoms with E-state index in [9.17, 15) is 4.79 Å². The van der Waals surface area contributed by atoms with E-state index in [1.165, 1.54) is 0 Å². The number of nitrogens with zero attached hydrogens (tertiary/aromatic N) is 2. The van der Waals surface area contributed by atoms with Crippen molar-refractivity contribution in [3.8, 4) is 0 Å². The van der Waals surface area contributed by atoms with Crippen molar-refractivity contribution in [2.24, 2.45) is 44.8 Å². The average molecular weight is 434 g/mol. The first-order valence-electron chi connectivity index (χ1n) is 12.1. The van der Waals surface area contributed by atoms with Gasteiger partial charge in [-0.25, -0.2) is 4.39 Å². The predicted octanol–water partition coefficient (Wildman–Crippen LogP) is 3.89. The van der Waals surface area contributed by atoms with E-state index in [-0.39, 0.29) is 41.5 Å². The maximum Gasteiger partial charge on any atom is 0.142 e. The fraction of sp³-hybridized carbons (Fsp3) is 0.875. The number of oxime groups is 2. The number of rotatable bonds is 3. The molecule has 6 unspecified atom stereocenters. The summed E-state index contributed by atoms with van der Waals surface area (Å²) in [7, 11) is 1.59. The Balaban J connectivity index is 1.42. The molecule has 4 saturated carbocycles. The van der Waals surface area contributed by atoms with Crippen LogP contribution in [0.3, 0.4) is 0 Å². The number of nitrogens with one attached hydrogen (secondary N) is 1. The van der Waals surface area contributed by atoms with Gasteiger partial charge in [0.15, 0.2) is 0 Å². The van der Waals surface area contributed by atoms with Crippen LogP contribution in [-0.4, -0.2) is 49.7 Å². The number of hydrogen-bond acceptors (Lipinski definition) is 6. The molecule has 5 aliphatic rings. The summed E-state index contributed by atoms with van der Waals surface area (Å²) in [4.78, 5) is 23.8. The van der Waals surface area contributed by atoms with Crippen LogP contribution < -0.4 is 5.32 Å². The Labute approximate surface area is 184 Å². The summed E-state index contributed by atoms with van der Waals surface area (Å²) in [5.74, 6) is 0.752. The van der Waals surface area contributed by atoms with Crippen LogP contribution in [0.25, 0.3) is 0 Å². The lowest BCUT2D eigenvalue weighted by Gasteiger charge is -2.59. The van der Waals surface area contributed by atoms with Crippen molar-refractivity contribution >= 4 is 17.2 Å². The SMILES string of the molecule is CO/N=C1\CC2C(CC[C@]3(C)C(=O)CC(F)C23)[C@@]2(C)CCC(=NOC3CCNC3)CC12. The molecule has 0 amide bonds. The Morgan fingerprint density at radius 3 is 2.71 bits per heavy atom. The van der Waals surface area contributed by atoms with Crippen LogP contribution in [-0.2, 0) is 14.5 Å². The number of fused-ring (bicyclic) bond motifs is 5. The normalized spacial score (nSPS) is 49.6. The lowest BCUT2D eigenvalue weighted by atomic mass is 9.44. The van der Waals surface area contributed by atoms with Gasteiger partial charge in [-0.3, -0.25) is 4.79 Å². The van der Waals surface area contributed by atoms with E-state index < -0.39 is 11.6 Å². The van der Waals surface area contributed by atoms with Gasteiger partial charge >= 0.3 is 0 Å². The molecule has 7 heteroatoms. The van der Waals surface area contributed by atoms with Gasteiger partial charge in [0.05, 0.1) is 11.4 Å². The van der Waals surface area contributed by atoms with Gasteiger partial charge in [-0.05, 0) is 62.3 Å². The molecule has 0 aromatic rings. The minimum Gasteiger partial charge on any atom is -0.399 e. The van der Waals surface area contributed by atoms with Gasteiger partial charge in [0.1, 0.15) is 25.2 Å². The third-order valence-corrected chi connectivity index (χ3v) is 9.53. The van der Waals surface area contributed by atoms with Crippen LogP contribution >= 0.6 is 0 Å². The second kappa shape index (κ2) is 7.82. The van der Waals surface area contributed by atoms with Crippen molar-refractivity contribution in [3.05, 3.63) is 0 Å². The van der Waals surface area contributed by atoms with Gasteiger partial charge in [0, 0.05) is 36.6 Å².